The van der Waals surface area contributed by atoms with Gasteiger partial charge in [0.05, 0.1) is 31.5 Å². The minimum atomic E-state index is -0.298. The molecule has 0 radical (unpaired) electrons. The van der Waals surface area contributed by atoms with Gasteiger partial charge < -0.3 is 15.2 Å². The Morgan fingerprint density at radius 1 is 1.19 bits per heavy atom. The van der Waals surface area contributed by atoms with Crippen molar-refractivity contribution in [1.82, 2.24) is 0 Å². The summed E-state index contributed by atoms with van der Waals surface area (Å²) in [5.41, 5.74) is 6.79. The van der Waals surface area contributed by atoms with Crippen molar-refractivity contribution in [2.75, 3.05) is 20.0 Å². The monoisotopic (exact) mass is 284 g/mol. The smallest absolute Gasteiger partial charge is 0.432 e. The lowest BCUT2D eigenvalue weighted by atomic mass is 9.99. The number of nitrogens with two attached hydrogens (primary N) is 1. The number of nitrogens with zero attached hydrogens (tertiary/aromatic N) is 2. The summed E-state index contributed by atoms with van der Waals surface area (Å²) in [6, 6.07) is 10.1. The van der Waals surface area contributed by atoms with Gasteiger partial charge in [0.25, 0.3) is 0 Å². The van der Waals surface area contributed by atoms with E-state index in [0.29, 0.717) is 5.56 Å². The molecule has 0 bridgehead atoms. The molecule has 6 heteroatoms. The van der Waals surface area contributed by atoms with Crippen molar-refractivity contribution in [3.8, 4) is 11.5 Å². The van der Waals surface area contributed by atoms with Crippen LogP contribution in [0.4, 0.5) is 11.4 Å². The summed E-state index contributed by atoms with van der Waals surface area (Å²) in [5, 5.41) is 8.99. The second-order valence-corrected chi connectivity index (χ2v) is 4.22. The summed E-state index contributed by atoms with van der Waals surface area (Å²) in [6.07, 6.45) is 0. The van der Waals surface area contributed by atoms with E-state index < -0.39 is 0 Å². The normalized spacial score (nSPS) is 9.76. The largest absolute Gasteiger partial charge is 0.496 e. The zero-order chi connectivity index (χ0) is 15.4. The maximum Gasteiger partial charge on any atom is 0.432 e. The molecule has 0 amide bonds. The summed E-state index contributed by atoms with van der Waals surface area (Å²) in [7, 11) is 2.79. The molecule has 0 unspecified atom stereocenters. The molecule has 106 valence electrons. The van der Waals surface area contributed by atoms with E-state index in [1.807, 2.05) is 6.07 Å². The molecule has 0 atom stereocenters. The minimum Gasteiger partial charge on any atom is -0.496 e. The number of methoxy groups -OCH3 is 2. The van der Waals surface area contributed by atoms with Gasteiger partial charge in [-0.2, -0.15) is 0 Å². The number of carbonyl (C=O) groups is 1. The van der Waals surface area contributed by atoms with Gasteiger partial charge in [-0.15, -0.1) is 0 Å². The summed E-state index contributed by atoms with van der Waals surface area (Å²) in [5.74, 6) is 0.0419. The number of diazo groups is 1. The first-order valence-corrected chi connectivity index (χ1v) is 6.13. The number of anilines is 1. The van der Waals surface area contributed by atoms with Gasteiger partial charge in [-0.05, 0) is 0 Å². The molecule has 2 aromatic carbocycles. The molecule has 0 aliphatic heterocycles. The van der Waals surface area contributed by atoms with E-state index in [2.05, 4.69) is 4.98 Å². The highest BCUT2D eigenvalue weighted by Gasteiger charge is 2.29. The van der Waals surface area contributed by atoms with Gasteiger partial charge >= 0.3 is 5.69 Å². The number of ketones is 1. The predicted molar refractivity (Wildman–Crippen MR) is 78.6 cm³/mol. The molecule has 2 N–H and O–H groups in total. The first kappa shape index (κ1) is 14.3. The third-order valence-electron chi connectivity index (χ3n) is 3.06. The van der Waals surface area contributed by atoms with Crippen molar-refractivity contribution in [3.05, 3.63) is 52.5 Å². The molecular weight excluding hydrogens is 270 g/mol. The lowest BCUT2D eigenvalue weighted by molar-refractivity contribution is 0.103. The van der Waals surface area contributed by atoms with Crippen LogP contribution in [-0.2, 0) is 0 Å². The Hall–Kier alpha value is -3.07. The first-order chi connectivity index (χ1) is 10.1. The first-order valence-electron chi connectivity index (χ1n) is 6.13. The van der Waals surface area contributed by atoms with Crippen LogP contribution in [0, 0.1) is 5.39 Å². The Morgan fingerprint density at radius 3 is 2.38 bits per heavy atom. The molecule has 2 rings (SSSR count). The maximum absolute atomic E-state index is 12.6. The standard InChI is InChI=1S/C15H13N3O3/c1-20-11-8-10(18-17)15(21-2)13(16)12(11)14(19)9-6-4-3-5-7-9/h3-8H,1-2H3,(H-,16,19)/p+1. The molecule has 0 aliphatic carbocycles. The Bertz CT molecular complexity index is 721. The van der Waals surface area contributed by atoms with Crippen LogP contribution in [0.3, 0.4) is 0 Å². The molecule has 0 spiro atoms. The van der Waals surface area contributed by atoms with Crippen LogP contribution in [0.2, 0.25) is 0 Å². The van der Waals surface area contributed by atoms with Crippen molar-refractivity contribution in [1.29, 1.82) is 5.39 Å². The number of hydrogen-bond donors (Lipinski definition) is 1. The zero-order valence-corrected chi connectivity index (χ0v) is 11.7. The van der Waals surface area contributed by atoms with E-state index in [9.17, 15) is 4.79 Å². The van der Waals surface area contributed by atoms with Crippen LogP contribution in [0.5, 0.6) is 11.5 Å². The number of ether oxygens (including phenoxy) is 2. The average Bonchev–Trinajstić information content (AvgIpc) is 2.53. The van der Waals surface area contributed by atoms with E-state index in [1.165, 1.54) is 20.3 Å². The SMILES string of the molecule is COc1cc([N+]#N)c(OC)c(N)c1C(=O)c1ccccc1. The number of rotatable bonds is 4. The van der Waals surface area contributed by atoms with Crippen molar-refractivity contribution in [3.63, 3.8) is 0 Å². The topological polar surface area (TPSA) is 89.7 Å². The van der Waals surface area contributed by atoms with Crippen LogP contribution in [-0.4, -0.2) is 20.0 Å². The zero-order valence-electron chi connectivity index (χ0n) is 11.7. The van der Waals surface area contributed by atoms with Gasteiger partial charge in [0, 0.05) is 5.56 Å². The van der Waals surface area contributed by atoms with E-state index in [4.69, 9.17) is 20.6 Å². The van der Waals surface area contributed by atoms with E-state index >= 15 is 0 Å². The van der Waals surface area contributed by atoms with Crippen molar-refractivity contribution in [2.24, 2.45) is 0 Å². The number of nitrogen functional groups attached to an aromatic ring is 1. The van der Waals surface area contributed by atoms with E-state index in [1.54, 1.807) is 24.3 Å². The average molecular weight is 284 g/mol. The molecule has 0 fully saturated rings. The van der Waals surface area contributed by atoms with Gasteiger partial charge in [-0.25, -0.2) is 0 Å². The van der Waals surface area contributed by atoms with Crippen LogP contribution in [0.1, 0.15) is 15.9 Å². The van der Waals surface area contributed by atoms with Gasteiger partial charge in [-0.3, -0.25) is 4.79 Å². The molecular formula is C15H14N3O3+. The van der Waals surface area contributed by atoms with E-state index in [0.717, 1.165) is 0 Å². The number of carbonyl (C=O) groups excluding carboxylic acids is 1. The Balaban J connectivity index is 2.68. The van der Waals surface area contributed by atoms with Gasteiger partial charge in [-0.1, -0.05) is 30.3 Å². The fraction of sp³-hybridized carbons (Fsp3) is 0.133. The van der Waals surface area contributed by atoms with Crippen molar-refractivity contribution < 1.29 is 14.3 Å². The third-order valence-corrected chi connectivity index (χ3v) is 3.06. The number of benzene rings is 2. The van der Waals surface area contributed by atoms with Crippen molar-refractivity contribution in [2.45, 2.75) is 0 Å². The highest BCUT2D eigenvalue weighted by atomic mass is 16.5. The molecule has 21 heavy (non-hydrogen) atoms. The summed E-state index contributed by atoms with van der Waals surface area (Å²) < 4.78 is 10.3. The third kappa shape index (κ3) is 2.49. The predicted octanol–water partition coefficient (Wildman–Crippen LogP) is 3.00. The summed E-state index contributed by atoms with van der Waals surface area (Å²) in [4.78, 5) is 15.7. The van der Waals surface area contributed by atoms with Crippen LogP contribution >= 0.6 is 0 Å². The molecule has 0 aromatic heterocycles. The Morgan fingerprint density at radius 2 is 1.86 bits per heavy atom. The molecule has 6 nitrogen and oxygen atoms in total. The molecule has 0 aliphatic rings. The van der Waals surface area contributed by atoms with Gasteiger partial charge in [0.15, 0.2) is 10.8 Å². The second kappa shape index (κ2) is 5.92. The van der Waals surface area contributed by atoms with Gasteiger partial charge in [0.2, 0.25) is 11.1 Å². The van der Waals surface area contributed by atoms with Crippen molar-refractivity contribution >= 4 is 17.2 Å². The van der Waals surface area contributed by atoms with E-state index in [-0.39, 0.29) is 34.2 Å². The summed E-state index contributed by atoms with van der Waals surface area (Å²) >= 11 is 0. The highest BCUT2D eigenvalue weighted by molar-refractivity contribution is 6.15. The minimum absolute atomic E-state index is 0.0681. The maximum atomic E-state index is 12.6. The quantitative estimate of drug-likeness (QED) is 0.529. The fourth-order valence-corrected chi connectivity index (χ4v) is 2.06. The highest BCUT2D eigenvalue weighted by Crippen LogP contribution is 2.42. The molecule has 2 aromatic rings. The lowest BCUT2D eigenvalue weighted by Crippen LogP contribution is -2.09. The fourth-order valence-electron chi connectivity index (χ4n) is 2.06. The lowest BCUT2D eigenvalue weighted by Gasteiger charge is -2.12. The number of hydrogen-bond acceptors (Lipinski definition) is 5. The molecule has 0 saturated carbocycles. The Kier molecular flexibility index (Phi) is 4.05. The van der Waals surface area contributed by atoms with Crippen LogP contribution in [0.15, 0.2) is 36.4 Å². The second-order valence-electron chi connectivity index (χ2n) is 4.22. The van der Waals surface area contributed by atoms with Crippen LogP contribution < -0.4 is 15.2 Å². The van der Waals surface area contributed by atoms with Crippen LogP contribution in [0.25, 0.3) is 4.98 Å². The van der Waals surface area contributed by atoms with Gasteiger partial charge in [0.1, 0.15) is 5.75 Å². The molecule has 0 heterocycles. The molecule has 0 saturated heterocycles. The Labute approximate surface area is 121 Å². The summed E-state index contributed by atoms with van der Waals surface area (Å²) in [6.45, 7) is 0.